The minimum atomic E-state index is -3.78. The average Bonchev–Trinajstić information content (AvgIpc) is 2.81. The topological polar surface area (TPSA) is 120 Å². The fourth-order valence-electron chi connectivity index (χ4n) is 3.52. The average molecular weight is 492 g/mol. The van der Waals surface area contributed by atoms with Crippen molar-refractivity contribution >= 4 is 21.1 Å². The minimum Gasteiger partial charge on any atom is -0.494 e. The van der Waals surface area contributed by atoms with E-state index in [1.807, 2.05) is 6.92 Å². The van der Waals surface area contributed by atoms with Gasteiger partial charge >= 0.3 is 11.1 Å². The first-order valence-corrected chi connectivity index (χ1v) is 12.3. The summed E-state index contributed by atoms with van der Waals surface area (Å²) in [6.07, 6.45) is -1.14. The molecule has 1 N–H and O–H groups in total. The van der Waals surface area contributed by atoms with E-state index in [2.05, 4.69) is 0 Å². The molecule has 11 heteroatoms. The van der Waals surface area contributed by atoms with Crippen molar-refractivity contribution in [2.75, 3.05) is 27.3 Å². The molecule has 3 aromatic rings. The van der Waals surface area contributed by atoms with Crippen molar-refractivity contribution in [3.8, 4) is 11.5 Å². The van der Waals surface area contributed by atoms with Gasteiger partial charge in [-0.15, -0.1) is 0 Å². The van der Waals surface area contributed by atoms with Gasteiger partial charge in [0.05, 0.1) is 29.1 Å². The molecule has 0 bridgehead atoms. The molecule has 0 saturated carbocycles. The monoisotopic (exact) mass is 491 g/mol. The third-order valence-corrected chi connectivity index (χ3v) is 7.08. The zero-order chi connectivity index (χ0) is 25.0. The Morgan fingerprint density at radius 3 is 2.06 bits per heavy atom. The number of aryl methyl sites for hydroxylation is 1. The second-order valence-corrected chi connectivity index (χ2v) is 9.92. The van der Waals surface area contributed by atoms with E-state index in [1.165, 1.54) is 36.9 Å². The third-order valence-electron chi connectivity index (χ3n) is 5.27. The van der Waals surface area contributed by atoms with Gasteiger partial charge in [0, 0.05) is 20.6 Å². The van der Waals surface area contributed by atoms with Gasteiger partial charge in [0.25, 0.3) is 0 Å². The fourth-order valence-corrected chi connectivity index (χ4v) is 4.44. The quantitative estimate of drug-likeness (QED) is 0.424. The summed E-state index contributed by atoms with van der Waals surface area (Å²) < 4.78 is 39.7. The Balaban J connectivity index is 1.95. The molecule has 1 aromatic heterocycles. The molecule has 10 nitrogen and oxygen atoms in total. The van der Waals surface area contributed by atoms with Crippen LogP contribution < -0.4 is 20.6 Å². The van der Waals surface area contributed by atoms with Crippen LogP contribution in [-0.4, -0.2) is 60.4 Å². The highest BCUT2D eigenvalue weighted by Gasteiger charge is 2.21. The van der Waals surface area contributed by atoms with Crippen LogP contribution in [0.5, 0.6) is 11.5 Å². The minimum absolute atomic E-state index is 0.0282. The lowest BCUT2D eigenvalue weighted by Gasteiger charge is -2.19. The van der Waals surface area contributed by atoms with Crippen LogP contribution >= 0.6 is 0 Å². The van der Waals surface area contributed by atoms with Gasteiger partial charge in [0.1, 0.15) is 24.2 Å². The van der Waals surface area contributed by atoms with Crippen LogP contribution in [-0.2, 0) is 23.1 Å². The molecule has 1 atom stereocenters. The van der Waals surface area contributed by atoms with E-state index in [-0.39, 0.29) is 30.1 Å². The summed E-state index contributed by atoms with van der Waals surface area (Å²) in [7, 11) is -0.968. The van der Waals surface area contributed by atoms with Gasteiger partial charge < -0.3 is 19.1 Å². The van der Waals surface area contributed by atoms with Gasteiger partial charge in [-0.2, -0.15) is 0 Å². The van der Waals surface area contributed by atoms with E-state index in [9.17, 15) is 23.1 Å². The number of aliphatic hydroxyl groups is 1. The normalized spacial score (nSPS) is 12.8. The largest absolute Gasteiger partial charge is 0.494 e. The second kappa shape index (κ2) is 10.4. The Morgan fingerprint density at radius 2 is 1.50 bits per heavy atom. The van der Waals surface area contributed by atoms with Gasteiger partial charge in [-0.3, -0.25) is 14.2 Å². The third kappa shape index (κ3) is 5.16. The zero-order valence-electron chi connectivity index (χ0n) is 19.6. The zero-order valence-corrected chi connectivity index (χ0v) is 20.4. The molecule has 0 fully saturated rings. The molecule has 0 spiro atoms. The van der Waals surface area contributed by atoms with E-state index in [0.717, 1.165) is 8.87 Å². The van der Waals surface area contributed by atoms with Crippen molar-refractivity contribution in [3.63, 3.8) is 0 Å². The standard InChI is InChI=1S/C23H29N3O7S/c1-5-25-20-12-11-19(34(30,31)24(3)4)13-21(20)26(23(29)22(25)28)14-16(27)15-33-18-9-7-17(8-10-18)32-6-2/h7-13,16,27H,5-6,14-15H2,1-4H3/t16-/m0/s1. The van der Waals surface area contributed by atoms with E-state index in [1.54, 1.807) is 31.2 Å². The fraction of sp³-hybridized carbons (Fsp3) is 0.391. The Hall–Kier alpha value is -3.15. The van der Waals surface area contributed by atoms with Gasteiger partial charge in [-0.05, 0) is 56.3 Å². The maximum atomic E-state index is 12.9. The molecule has 0 radical (unpaired) electrons. The lowest BCUT2D eigenvalue weighted by molar-refractivity contribution is 0.0925. The molecule has 3 rings (SSSR count). The van der Waals surface area contributed by atoms with Crippen LogP contribution in [0.4, 0.5) is 0 Å². The van der Waals surface area contributed by atoms with Gasteiger partial charge in [0.15, 0.2) is 0 Å². The summed E-state index contributed by atoms with van der Waals surface area (Å²) in [5.41, 5.74) is -0.981. The molecule has 2 aromatic carbocycles. The SMILES string of the molecule is CCOc1ccc(OC[C@@H](O)Cn2c(=O)c(=O)n(CC)c3ccc(S(=O)(=O)N(C)C)cc32)cc1. The van der Waals surface area contributed by atoms with E-state index in [0.29, 0.717) is 23.6 Å². The van der Waals surface area contributed by atoms with Crippen molar-refractivity contribution in [2.24, 2.45) is 0 Å². The van der Waals surface area contributed by atoms with E-state index < -0.39 is 27.2 Å². The van der Waals surface area contributed by atoms with Crippen LogP contribution in [0.25, 0.3) is 11.0 Å². The van der Waals surface area contributed by atoms with E-state index in [4.69, 9.17) is 9.47 Å². The van der Waals surface area contributed by atoms with Crippen molar-refractivity contribution in [2.45, 2.75) is 37.9 Å². The van der Waals surface area contributed by atoms with E-state index >= 15 is 0 Å². The molecular weight excluding hydrogens is 462 g/mol. The van der Waals surface area contributed by atoms with Gasteiger partial charge in [0.2, 0.25) is 10.0 Å². The van der Waals surface area contributed by atoms with Gasteiger partial charge in [-0.1, -0.05) is 0 Å². The number of rotatable bonds is 10. The summed E-state index contributed by atoms with van der Waals surface area (Å²) >= 11 is 0. The molecule has 0 saturated heterocycles. The smallest absolute Gasteiger partial charge is 0.317 e. The maximum Gasteiger partial charge on any atom is 0.317 e. The number of aromatic nitrogens is 2. The Kier molecular flexibility index (Phi) is 7.80. The molecular formula is C23H29N3O7S. The summed E-state index contributed by atoms with van der Waals surface area (Å²) in [5.74, 6) is 1.19. The predicted octanol–water partition coefficient (Wildman–Crippen LogP) is 1.27. The number of hydrogen-bond acceptors (Lipinski definition) is 7. The number of nitrogens with zero attached hydrogens (tertiary/aromatic N) is 3. The van der Waals surface area contributed by atoms with Gasteiger partial charge in [-0.25, -0.2) is 12.7 Å². The van der Waals surface area contributed by atoms with Crippen molar-refractivity contribution < 1.29 is 23.0 Å². The maximum absolute atomic E-state index is 12.9. The second-order valence-electron chi connectivity index (χ2n) is 7.77. The first kappa shape index (κ1) is 25.5. The molecule has 0 aliphatic heterocycles. The molecule has 34 heavy (non-hydrogen) atoms. The van der Waals surface area contributed by atoms with Crippen molar-refractivity contribution in [3.05, 3.63) is 63.2 Å². The predicted molar refractivity (Wildman–Crippen MR) is 128 cm³/mol. The Labute approximate surface area is 197 Å². The summed E-state index contributed by atoms with van der Waals surface area (Å²) in [6.45, 7) is 3.97. The van der Waals surface area contributed by atoms with Crippen LogP contribution in [0, 0.1) is 0 Å². The highest BCUT2D eigenvalue weighted by Crippen LogP contribution is 2.21. The first-order valence-electron chi connectivity index (χ1n) is 10.8. The Bertz CT molecular complexity index is 1380. The lowest BCUT2D eigenvalue weighted by Crippen LogP contribution is -2.43. The van der Waals surface area contributed by atoms with Crippen molar-refractivity contribution in [1.82, 2.24) is 13.4 Å². The van der Waals surface area contributed by atoms with Crippen LogP contribution in [0.1, 0.15) is 13.8 Å². The van der Waals surface area contributed by atoms with Crippen LogP contribution in [0.3, 0.4) is 0 Å². The number of fused-ring (bicyclic) bond motifs is 1. The van der Waals surface area contributed by atoms with Crippen LogP contribution in [0.2, 0.25) is 0 Å². The summed E-state index contributed by atoms with van der Waals surface area (Å²) in [6, 6.07) is 11.1. The molecule has 1 heterocycles. The number of benzene rings is 2. The van der Waals surface area contributed by atoms with Crippen molar-refractivity contribution in [1.29, 1.82) is 0 Å². The molecule has 0 aliphatic rings. The molecule has 0 aliphatic carbocycles. The molecule has 0 amide bonds. The first-order chi connectivity index (χ1) is 16.1. The Morgan fingerprint density at radius 1 is 0.912 bits per heavy atom. The molecule has 0 unspecified atom stereocenters. The lowest BCUT2D eigenvalue weighted by atomic mass is 10.2. The number of aliphatic hydroxyl groups excluding tert-OH is 1. The number of ether oxygens (including phenoxy) is 2. The number of hydrogen-bond donors (Lipinski definition) is 1. The summed E-state index contributed by atoms with van der Waals surface area (Å²) in [4.78, 5) is 25.5. The molecule has 184 valence electrons. The highest BCUT2D eigenvalue weighted by atomic mass is 32.2. The summed E-state index contributed by atoms with van der Waals surface area (Å²) in [5, 5.41) is 10.6. The highest BCUT2D eigenvalue weighted by molar-refractivity contribution is 7.89. The number of sulfonamides is 1. The van der Waals surface area contributed by atoms with Crippen LogP contribution in [0.15, 0.2) is 56.9 Å².